The average molecular weight is 525 g/mol. The molecule has 4 rings (SSSR count). The lowest BCUT2D eigenvalue weighted by Gasteiger charge is -2.16. The van der Waals surface area contributed by atoms with Gasteiger partial charge in [0.25, 0.3) is 11.1 Å². The van der Waals surface area contributed by atoms with E-state index in [4.69, 9.17) is 4.74 Å². The summed E-state index contributed by atoms with van der Waals surface area (Å²) < 4.78 is 9.10. The van der Waals surface area contributed by atoms with Crippen LogP contribution in [0.5, 0.6) is 5.75 Å². The minimum absolute atomic E-state index is 0.152. The number of hydrogen-bond donors (Lipinski definition) is 0. The van der Waals surface area contributed by atoms with Gasteiger partial charge in [-0.25, -0.2) is 0 Å². The fourth-order valence-corrected chi connectivity index (χ4v) is 5.05. The highest BCUT2D eigenvalue weighted by molar-refractivity contribution is 9.10. The number of ether oxygens (including phenoxy) is 1. The third kappa shape index (κ3) is 4.94. The van der Waals surface area contributed by atoms with Gasteiger partial charge in [0, 0.05) is 27.6 Å². The van der Waals surface area contributed by atoms with E-state index in [0.717, 1.165) is 50.2 Å². The number of thioether (sulfide) groups is 1. The van der Waals surface area contributed by atoms with Gasteiger partial charge in [0.15, 0.2) is 0 Å². The molecule has 1 aromatic heterocycles. The first-order valence-electron chi connectivity index (χ1n) is 10.7. The standard InChI is InChI=1S/C26H25BrN2O3S/c1-16(2)28-25(30)24(33-26(28)31)14-20-13-17(3)29(18(20)4)22-9-11-23(12-10-22)32-15-19-5-7-21(27)8-6-19/h5-14,16H,15H2,1-4H3/b24-14+. The number of imide groups is 1. The van der Waals surface area contributed by atoms with Gasteiger partial charge in [-0.1, -0.05) is 28.1 Å². The van der Waals surface area contributed by atoms with Crippen LogP contribution in [-0.2, 0) is 11.4 Å². The minimum atomic E-state index is -0.225. The highest BCUT2D eigenvalue weighted by atomic mass is 79.9. The second-order valence-electron chi connectivity index (χ2n) is 8.22. The lowest BCUT2D eigenvalue weighted by atomic mass is 10.2. The van der Waals surface area contributed by atoms with E-state index in [-0.39, 0.29) is 17.2 Å². The highest BCUT2D eigenvalue weighted by Gasteiger charge is 2.36. The van der Waals surface area contributed by atoms with E-state index in [1.165, 1.54) is 4.90 Å². The zero-order valence-electron chi connectivity index (χ0n) is 19.0. The van der Waals surface area contributed by atoms with Crippen LogP contribution in [0.2, 0.25) is 0 Å². The van der Waals surface area contributed by atoms with Crippen LogP contribution in [0, 0.1) is 13.8 Å². The Labute approximate surface area is 206 Å². The molecule has 0 unspecified atom stereocenters. The quantitative estimate of drug-likeness (QED) is 0.329. The number of aromatic nitrogens is 1. The summed E-state index contributed by atoms with van der Waals surface area (Å²) in [6.07, 6.45) is 1.82. The molecule has 1 aliphatic heterocycles. The molecule has 2 aromatic carbocycles. The van der Waals surface area contributed by atoms with E-state index < -0.39 is 0 Å². The molecule has 0 saturated carbocycles. The van der Waals surface area contributed by atoms with Crippen LogP contribution in [-0.4, -0.2) is 26.7 Å². The Morgan fingerprint density at radius 1 is 1.03 bits per heavy atom. The van der Waals surface area contributed by atoms with Gasteiger partial charge in [0.1, 0.15) is 12.4 Å². The second kappa shape index (κ2) is 9.61. The Bertz CT molecular complexity index is 1230. The first-order chi connectivity index (χ1) is 15.7. The van der Waals surface area contributed by atoms with E-state index in [0.29, 0.717) is 11.5 Å². The van der Waals surface area contributed by atoms with Crippen LogP contribution >= 0.6 is 27.7 Å². The van der Waals surface area contributed by atoms with Crippen LogP contribution in [0.3, 0.4) is 0 Å². The largest absolute Gasteiger partial charge is 0.489 e. The van der Waals surface area contributed by atoms with Crippen LogP contribution in [0.25, 0.3) is 11.8 Å². The molecule has 3 aromatic rings. The van der Waals surface area contributed by atoms with E-state index in [1.54, 1.807) is 0 Å². The molecular formula is C26H25BrN2O3S. The number of nitrogens with zero attached hydrogens (tertiary/aromatic N) is 2. The molecule has 0 aliphatic carbocycles. The molecule has 1 aliphatic rings. The normalized spacial score (nSPS) is 15.2. The summed E-state index contributed by atoms with van der Waals surface area (Å²) in [6.45, 7) is 8.24. The van der Waals surface area contributed by atoms with Crippen molar-refractivity contribution < 1.29 is 14.3 Å². The maximum atomic E-state index is 12.6. The maximum absolute atomic E-state index is 12.6. The maximum Gasteiger partial charge on any atom is 0.293 e. The molecule has 1 saturated heterocycles. The fraction of sp³-hybridized carbons (Fsp3) is 0.231. The first-order valence-corrected chi connectivity index (χ1v) is 12.3. The zero-order chi connectivity index (χ0) is 23.7. The number of carbonyl (C=O) groups excluding carboxylic acids is 2. The Morgan fingerprint density at radius 2 is 1.70 bits per heavy atom. The van der Waals surface area contributed by atoms with Crippen molar-refractivity contribution in [3.8, 4) is 11.4 Å². The van der Waals surface area contributed by atoms with Gasteiger partial charge in [-0.15, -0.1) is 0 Å². The lowest BCUT2D eigenvalue weighted by molar-refractivity contribution is -0.123. The number of aryl methyl sites for hydroxylation is 1. The third-order valence-electron chi connectivity index (χ3n) is 5.51. The third-order valence-corrected chi connectivity index (χ3v) is 6.92. The van der Waals surface area contributed by atoms with Crippen molar-refractivity contribution >= 4 is 44.9 Å². The molecular weight excluding hydrogens is 500 g/mol. The Kier molecular flexibility index (Phi) is 6.81. The SMILES string of the molecule is Cc1cc(/C=C2/SC(=O)N(C(C)C)C2=O)c(C)n1-c1ccc(OCc2ccc(Br)cc2)cc1. The summed E-state index contributed by atoms with van der Waals surface area (Å²) in [6, 6.07) is 17.9. The van der Waals surface area contributed by atoms with Gasteiger partial charge in [-0.2, -0.15) is 0 Å². The summed E-state index contributed by atoms with van der Waals surface area (Å²) >= 11 is 4.44. The number of halogens is 1. The van der Waals surface area contributed by atoms with Crippen molar-refractivity contribution in [2.75, 3.05) is 0 Å². The first kappa shape index (κ1) is 23.4. The van der Waals surface area contributed by atoms with E-state index in [9.17, 15) is 9.59 Å². The van der Waals surface area contributed by atoms with E-state index in [1.807, 2.05) is 88.4 Å². The van der Waals surface area contributed by atoms with E-state index in [2.05, 4.69) is 20.5 Å². The molecule has 0 bridgehead atoms. The second-order valence-corrected chi connectivity index (χ2v) is 10.1. The summed E-state index contributed by atoms with van der Waals surface area (Å²) in [5.41, 5.74) is 5.09. The Balaban J connectivity index is 1.53. The Morgan fingerprint density at radius 3 is 2.30 bits per heavy atom. The molecule has 0 radical (unpaired) electrons. The molecule has 7 heteroatoms. The monoisotopic (exact) mass is 524 g/mol. The summed E-state index contributed by atoms with van der Waals surface area (Å²) in [5, 5.41) is -0.214. The number of amides is 2. The predicted octanol–water partition coefficient (Wildman–Crippen LogP) is 6.88. The molecule has 1 fully saturated rings. The van der Waals surface area contributed by atoms with Crippen LogP contribution < -0.4 is 4.74 Å². The van der Waals surface area contributed by atoms with Gasteiger partial charge in [-0.3, -0.25) is 14.5 Å². The van der Waals surface area contributed by atoms with Crippen LogP contribution in [0.1, 0.15) is 36.4 Å². The van der Waals surface area contributed by atoms with Crippen molar-refractivity contribution in [1.29, 1.82) is 0 Å². The van der Waals surface area contributed by atoms with Gasteiger partial charge < -0.3 is 9.30 Å². The molecule has 0 atom stereocenters. The molecule has 0 N–H and O–H groups in total. The molecule has 2 amide bonds. The molecule has 170 valence electrons. The topological polar surface area (TPSA) is 51.5 Å². The fourth-order valence-electron chi connectivity index (χ4n) is 3.84. The summed E-state index contributed by atoms with van der Waals surface area (Å²) in [5.74, 6) is 0.573. The minimum Gasteiger partial charge on any atom is -0.489 e. The van der Waals surface area contributed by atoms with E-state index >= 15 is 0 Å². The lowest BCUT2D eigenvalue weighted by Crippen LogP contribution is -2.34. The smallest absolute Gasteiger partial charge is 0.293 e. The number of carbonyl (C=O) groups is 2. The van der Waals surface area contributed by atoms with Crippen LogP contribution in [0.15, 0.2) is 64.0 Å². The Hall–Kier alpha value is -2.77. The number of rotatable bonds is 6. The average Bonchev–Trinajstić information content (AvgIpc) is 3.22. The van der Waals surface area contributed by atoms with Crippen molar-refractivity contribution in [2.24, 2.45) is 0 Å². The molecule has 2 heterocycles. The van der Waals surface area contributed by atoms with Crippen LogP contribution in [0.4, 0.5) is 4.79 Å². The van der Waals surface area contributed by atoms with Gasteiger partial charge in [0.05, 0.1) is 4.91 Å². The van der Waals surface area contributed by atoms with Gasteiger partial charge >= 0.3 is 0 Å². The zero-order valence-corrected chi connectivity index (χ0v) is 21.4. The van der Waals surface area contributed by atoms with Crippen molar-refractivity contribution in [1.82, 2.24) is 9.47 Å². The van der Waals surface area contributed by atoms with Gasteiger partial charge in [0.2, 0.25) is 0 Å². The molecule has 33 heavy (non-hydrogen) atoms. The number of benzene rings is 2. The van der Waals surface area contributed by atoms with Crippen molar-refractivity contribution in [3.05, 3.63) is 86.5 Å². The van der Waals surface area contributed by atoms with Gasteiger partial charge in [-0.05, 0) is 99.1 Å². The number of hydrogen-bond acceptors (Lipinski definition) is 4. The molecule has 0 spiro atoms. The molecule has 5 nitrogen and oxygen atoms in total. The summed E-state index contributed by atoms with van der Waals surface area (Å²) in [4.78, 5) is 26.6. The highest BCUT2D eigenvalue weighted by Crippen LogP contribution is 2.35. The predicted molar refractivity (Wildman–Crippen MR) is 137 cm³/mol. The van der Waals surface area contributed by atoms with Crippen molar-refractivity contribution in [3.63, 3.8) is 0 Å². The van der Waals surface area contributed by atoms with Crippen molar-refractivity contribution in [2.45, 2.75) is 40.3 Å². The summed E-state index contributed by atoms with van der Waals surface area (Å²) in [7, 11) is 0.